The lowest BCUT2D eigenvalue weighted by molar-refractivity contribution is 0.0946. The average molecular weight is 371 g/mol. The van der Waals surface area contributed by atoms with E-state index in [0.29, 0.717) is 13.1 Å². The van der Waals surface area contributed by atoms with Crippen molar-refractivity contribution in [1.29, 1.82) is 0 Å². The monoisotopic (exact) mass is 371 g/mol. The Balaban J connectivity index is 1.45. The van der Waals surface area contributed by atoms with Crippen LogP contribution < -0.4 is 10.6 Å². The van der Waals surface area contributed by atoms with Crippen molar-refractivity contribution in [3.63, 3.8) is 0 Å². The van der Waals surface area contributed by atoms with Gasteiger partial charge in [-0.1, -0.05) is 54.6 Å². The Bertz CT molecular complexity index is 1140. The van der Waals surface area contributed by atoms with Crippen LogP contribution in [0.1, 0.15) is 23.0 Å². The van der Waals surface area contributed by atoms with Crippen molar-refractivity contribution < 1.29 is 4.79 Å². The fourth-order valence-electron chi connectivity index (χ4n) is 3.93. The third-order valence-corrected chi connectivity index (χ3v) is 5.27. The van der Waals surface area contributed by atoms with E-state index < -0.39 is 0 Å². The van der Waals surface area contributed by atoms with E-state index in [4.69, 9.17) is 0 Å². The van der Waals surface area contributed by atoms with Crippen LogP contribution in [0.2, 0.25) is 0 Å². The summed E-state index contributed by atoms with van der Waals surface area (Å²) >= 11 is 0. The van der Waals surface area contributed by atoms with Gasteiger partial charge in [-0.2, -0.15) is 0 Å². The van der Waals surface area contributed by atoms with Crippen LogP contribution in [0.25, 0.3) is 21.7 Å². The summed E-state index contributed by atoms with van der Waals surface area (Å²) in [5.74, 6) is -0.0183. The summed E-state index contributed by atoms with van der Waals surface area (Å²) in [5, 5.41) is 10.1. The summed E-state index contributed by atoms with van der Waals surface area (Å²) < 4.78 is 2.10. The third-order valence-electron chi connectivity index (χ3n) is 5.27. The van der Waals surface area contributed by atoms with Crippen LogP contribution in [0.15, 0.2) is 66.7 Å². The van der Waals surface area contributed by atoms with Gasteiger partial charge in [0, 0.05) is 41.6 Å². The van der Waals surface area contributed by atoms with E-state index in [-0.39, 0.29) is 5.91 Å². The van der Waals surface area contributed by atoms with Gasteiger partial charge in [0.2, 0.25) is 0 Å². The number of fused-ring (bicyclic) bond motifs is 2. The second kappa shape index (κ2) is 7.77. The maximum atomic E-state index is 12.9. The van der Waals surface area contributed by atoms with Crippen LogP contribution in [-0.4, -0.2) is 23.6 Å². The molecule has 0 unspecified atom stereocenters. The number of para-hydroxylation sites is 1. The lowest BCUT2D eigenvalue weighted by Gasteiger charge is -2.12. The van der Waals surface area contributed by atoms with Crippen LogP contribution in [-0.2, 0) is 6.54 Å². The number of benzene rings is 3. The van der Waals surface area contributed by atoms with Crippen molar-refractivity contribution >= 4 is 33.3 Å². The zero-order chi connectivity index (χ0) is 19.5. The molecule has 4 nitrogen and oxygen atoms in total. The molecule has 1 heterocycles. The number of hydrogen-bond acceptors (Lipinski definition) is 2. The molecule has 4 aromatic rings. The van der Waals surface area contributed by atoms with E-state index in [1.165, 1.54) is 10.8 Å². The molecule has 4 rings (SSSR count). The Kier molecular flexibility index (Phi) is 5.02. The van der Waals surface area contributed by atoms with Crippen LogP contribution >= 0.6 is 0 Å². The maximum absolute atomic E-state index is 12.9. The van der Waals surface area contributed by atoms with Gasteiger partial charge in [-0.25, -0.2) is 0 Å². The highest BCUT2D eigenvalue weighted by Gasteiger charge is 2.18. The minimum atomic E-state index is -0.0183. The third kappa shape index (κ3) is 3.22. The highest BCUT2D eigenvalue weighted by Crippen LogP contribution is 2.25. The van der Waals surface area contributed by atoms with E-state index >= 15 is 0 Å². The minimum Gasteiger partial charge on any atom is -0.383 e. The fourth-order valence-corrected chi connectivity index (χ4v) is 3.93. The van der Waals surface area contributed by atoms with Crippen molar-refractivity contribution in [2.24, 2.45) is 0 Å². The van der Waals surface area contributed by atoms with Gasteiger partial charge in [-0.3, -0.25) is 4.79 Å². The smallest absolute Gasteiger partial charge is 0.268 e. The molecule has 2 N–H and O–H groups in total. The summed E-state index contributed by atoms with van der Waals surface area (Å²) in [6, 6.07) is 22.7. The lowest BCUT2D eigenvalue weighted by Crippen LogP contribution is -2.30. The van der Waals surface area contributed by atoms with E-state index in [1.807, 2.05) is 37.3 Å². The highest BCUT2D eigenvalue weighted by molar-refractivity contribution is 6.01. The Morgan fingerprint density at radius 3 is 2.43 bits per heavy atom. The number of aromatic nitrogens is 1. The topological polar surface area (TPSA) is 46.1 Å². The largest absolute Gasteiger partial charge is 0.383 e. The van der Waals surface area contributed by atoms with E-state index in [2.05, 4.69) is 58.5 Å². The lowest BCUT2D eigenvalue weighted by atomic mass is 10.1. The van der Waals surface area contributed by atoms with Crippen molar-refractivity contribution in [3.8, 4) is 0 Å². The number of carbonyl (C=O) groups is 1. The molecule has 0 aliphatic rings. The first-order chi connectivity index (χ1) is 13.7. The molecule has 0 aliphatic carbocycles. The molecule has 0 saturated carbocycles. The molecule has 0 spiro atoms. The van der Waals surface area contributed by atoms with Gasteiger partial charge in [-0.15, -0.1) is 0 Å². The van der Waals surface area contributed by atoms with Crippen LogP contribution in [0.3, 0.4) is 0 Å². The molecule has 3 aromatic carbocycles. The van der Waals surface area contributed by atoms with E-state index in [1.54, 1.807) is 0 Å². The van der Waals surface area contributed by atoms with Gasteiger partial charge in [0.1, 0.15) is 5.69 Å². The second-order valence-corrected chi connectivity index (χ2v) is 6.94. The van der Waals surface area contributed by atoms with E-state index in [9.17, 15) is 4.79 Å². The molecule has 0 aliphatic heterocycles. The first-order valence-electron chi connectivity index (χ1n) is 9.78. The van der Waals surface area contributed by atoms with Gasteiger partial charge in [0.25, 0.3) is 5.91 Å². The second-order valence-electron chi connectivity index (χ2n) is 6.94. The predicted molar refractivity (Wildman–Crippen MR) is 117 cm³/mol. The molecule has 1 amide bonds. The van der Waals surface area contributed by atoms with Gasteiger partial charge in [-0.05, 0) is 36.9 Å². The Morgan fingerprint density at radius 2 is 1.61 bits per heavy atom. The van der Waals surface area contributed by atoms with Crippen LogP contribution in [0, 0.1) is 6.92 Å². The van der Waals surface area contributed by atoms with Crippen LogP contribution in [0.5, 0.6) is 0 Å². The number of aryl methyl sites for hydroxylation is 2. The summed E-state index contributed by atoms with van der Waals surface area (Å²) in [4.78, 5) is 12.9. The zero-order valence-corrected chi connectivity index (χ0v) is 16.3. The molecule has 4 heteroatoms. The summed E-state index contributed by atoms with van der Waals surface area (Å²) in [6.07, 6.45) is 0. The Hall–Kier alpha value is -3.27. The van der Waals surface area contributed by atoms with Gasteiger partial charge < -0.3 is 15.2 Å². The maximum Gasteiger partial charge on any atom is 0.268 e. The summed E-state index contributed by atoms with van der Waals surface area (Å²) in [5.41, 5.74) is 4.00. The molecule has 0 fully saturated rings. The highest BCUT2D eigenvalue weighted by atomic mass is 16.1. The molecule has 28 heavy (non-hydrogen) atoms. The number of nitrogens with one attached hydrogen (secondary N) is 2. The van der Waals surface area contributed by atoms with Crippen molar-refractivity contribution in [2.75, 3.05) is 18.4 Å². The van der Waals surface area contributed by atoms with E-state index in [0.717, 1.165) is 34.4 Å². The fraction of sp³-hybridized carbons (Fsp3) is 0.208. The standard InChI is InChI=1S/C24H25N3O/c1-3-27-22-14-7-6-11-19(22)17(2)23(27)24(28)26-16-15-25-21-13-8-10-18-9-4-5-12-20(18)21/h4-14,25H,3,15-16H2,1-2H3,(H,26,28). The van der Waals surface area contributed by atoms with Crippen molar-refractivity contribution in [1.82, 2.24) is 9.88 Å². The normalized spacial score (nSPS) is 11.1. The van der Waals surface area contributed by atoms with Gasteiger partial charge >= 0.3 is 0 Å². The SMILES string of the molecule is CCn1c(C(=O)NCCNc2cccc3ccccc23)c(C)c2ccccc21. The van der Waals surface area contributed by atoms with Crippen LogP contribution in [0.4, 0.5) is 5.69 Å². The number of carbonyl (C=O) groups excluding carboxylic acids is 1. The number of anilines is 1. The number of hydrogen-bond donors (Lipinski definition) is 2. The number of rotatable bonds is 6. The minimum absolute atomic E-state index is 0.0183. The molecule has 0 atom stereocenters. The quantitative estimate of drug-likeness (QED) is 0.470. The molecule has 1 aromatic heterocycles. The molecular weight excluding hydrogens is 346 g/mol. The molecular formula is C24H25N3O. The number of nitrogens with zero attached hydrogens (tertiary/aromatic N) is 1. The zero-order valence-electron chi connectivity index (χ0n) is 16.3. The molecule has 0 bridgehead atoms. The Labute approximate surface area is 165 Å². The first kappa shape index (κ1) is 18.1. The summed E-state index contributed by atoms with van der Waals surface area (Å²) in [7, 11) is 0. The molecule has 0 radical (unpaired) electrons. The predicted octanol–water partition coefficient (Wildman–Crippen LogP) is 4.96. The Morgan fingerprint density at radius 1 is 0.893 bits per heavy atom. The molecule has 142 valence electrons. The van der Waals surface area contributed by atoms with Gasteiger partial charge in [0.15, 0.2) is 0 Å². The van der Waals surface area contributed by atoms with Crippen molar-refractivity contribution in [3.05, 3.63) is 78.0 Å². The number of amides is 1. The first-order valence-corrected chi connectivity index (χ1v) is 9.78. The molecule has 0 saturated heterocycles. The van der Waals surface area contributed by atoms with Crippen molar-refractivity contribution in [2.45, 2.75) is 20.4 Å². The summed E-state index contributed by atoms with van der Waals surface area (Å²) in [6.45, 7) is 6.10. The average Bonchev–Trinajstić information content (AvgIpc) is 3.03. The van der Waals surface area contributed by atoms with Gasteiger partial charge in [0.05, 0.1) is 0 Å².